The average molecular weight is 311 g/mol. The molecule has 0 aromatic heterocycles. The molecule has 0 fully saturated rings. The van der Waals surface area contributed by atoms with Gasteiger partial charge in [0.2, 0.25) is 5.91 Å². The second-order valence-electron chi connectivity index (χ2n) is 4.00. The number of para-hydroxylation sites is 1. The van der Waals surface area contributed by atoms with E-state index in [9.17, 15) is 9.18 Å². The van der Waals surface area contributed by atoms with E-state index in [1.54, 1.807) is 6.07 Å². The fourth-order valence-corrected chi connectivity index (χ4v) is 2.46. The molecular formula is C14H12ClFN2OS. The molecule has 0 aliphatic rings. The second-order valence-corrected chi connectivity index (χ2v) is 5.45. The number of carbonyl (C=O) groups excluding carboxylic acids is 1. The van der Waals surface area contributed by atoms with Crippen molar-refractivity contribution in [1.29, 1.82) is 0 Å². The van der Waals surface area contributed by atoms with Crippen LogP contribution in [0.2, 0.25) is 5.02 Å². The number of nitrogens with one attached hydrogen (secondary N) is 1. The van der Waals surface area contributed by atoms with Crippen molar-refractivity contribution in [3.63, 3.8) is 0 Å². The number of amides is 1. The zero-order chi connectivity index (χ0) is 14.5. The van der Waals surface area contributed by atoms with E-state index in [2.05, 4.69) is 5.32 Å². The van der Waals surface area contributed by atoms with Crippen LogP contribution in [0.15, 0.2) is 47.4 Å². The molecule has 0 aliphatic carbocycles. The van der Waals surface area contributed by atoms with Crippen LogP contribution in [0.5, 0.6) is 0 Å². The summed E-state index contributed by atoms with van der Waals surface area (Å²) in [5.41, 5.74) is 6.50. The fourth-order valence-electron chi connectivity index (χ4n) is 1.53. The smallest absolute Gasteiger partial charge is 0.234 e. The van der Waals surface area contributed by atoms with E-state index in [4.69, 9.17) is 17.3 Å². The summed E-state index contributed by atoms with van der Waals surface area (Å²) in [5.74, 6) is -0.717. The van der Waals surface area contributed by atoms with Crippen LogP contribution in [0.4, 0.5) is 15.8 Å². The van der Waals surface area contributed by atoms with Crippen molar-refractivity contribution in [1.82, 2.24) is 0 Å². The van der Waals surface area contributed by atoms with Gasteiger partial charge in [-0.2, -0.15) is 0 Å². The molecule has 3 N–H and O–H groups in total. The normalized spacial score (nSPS) is 10.3. The van der Waals surface area contributed by atoms with Gasteiger partial charge in [-0.05, 0) is 30.3 Å². The third-order valence-corrected chi connectivity index (χ3v) is 3.81. The molecule has 0 heterocycles. The first-order chi connectivity index (χ1) is 9.56. The number of hydrogen-bond acceptors (Lipinski definition) is 3. The predicted molar refractivity (Wildman–Crippen MR) is 81.6 cm³/mol. The van der Waals surface area contributed by atoms with Crippen LogP contribution in [0.3, 0.4) is 0 Å². The molecule has 2 rings (SSSR count). The predicted octanol–water partition coefficient (Wildman–Crippen LogP) is 3.79. The number of hydrogen-bond donors (Lipinski definition) is 2. The van der Waals surface area contributed by atoms with E-state index >= 15 is 0 Å². The number of nitrogen functional groups attached to an aromatic ring is 1. The van der Waals surface area contributed by atoms with Crippen molar-refractivity contribution in [2.24, 2.45) is 0 Å². The average Bonchev–Trinajstić information content (AvgIpc) is 2.41. The minimum atomic E-state index is -0.560. The number of nitrogens with two attached hydrogens (primary N) is 1. The fraction of sp³-hybridized carbons (Fsp3) is 0.0714. The Morgan fingerprint density at radius 2 is 2.05 bits per heavy atom. The van der Waals surface area contributed by atoms with Gasteiger partial charge >= 0.3 is 0 Å². The zero-order valence-corrected chi connectivity index (χ0v) is 12.0. The lowest BCUT2D eigenvalue weighted by Gasteiger charge is -2.07. The SMILES string of the molecule is Nc1ccccc1SCC(=O)Nc1ccc(Cl)cc1F. The van der Waals surface area contributed by atoms with Gasteiger partial charge in [0.05, 0.1) is 11.4 Å². The van der Waals surface area contributed by atoms with E-state index in [1.807, 2.05) is 18.2 Å². The summed E-state index contributed by atoms with van der Waals surface area (Å²) in [5, 5.41) is 2.78. The topological polar surface area (TPSA) is 55.1 Å². The molecule has 0 saturated carbocycles. The van der Waals surface area contributed by atoms with E-state index in [0.29, 0.717) is 5.69 Å². The monoisotopic (exact) mass is 310 g/mol. The van der Waals surface area contributed by atoms with Gasteiger partial charge < -0.3 is 11.1 Å². The Kier molecular flexibility index (Phi) is 4.87. The minimum Gasteiger partial charge on any atom is -0.398 e. The maximum absolute atomic E-state index is 13.5. The maximum atomic E-state index is 13.5. The third kappa shape index (κ3) is 3.88. The number of benzene rings is 2. The van der Waals surface area contributed by atoms with Gasteiger partial charge in [-0.1, -0.05) is 23.7 Å². The molecule has 0 radical (unpaired) electrons. The molecule has 2 aromatic rings. The summed E-state index contributed by atoms with van der Waals surface area (Å²) in [7, 11) is 0. The Morgan fingerprint density at radius 3 is 2.75 bits per heavy atom. The molecule has 0 saturated heterocycles. The minimum absolute atomic E-state index is 0.112. The van der Waals surface area contributed by atoms with Crippen LogP contribution in [-0.4, -0.2) is 11.7 Å². The molecule has 104 valence electrons. The van der Waals surface area contributed by atoms with Crippen LogP contribution < -0.4 is 11.1 Å². The number of anilines is 2. The van der Waals surface area contributed by atoms with Crippen LogP contribution >= 0.6 is 23.4 Å². The van der Waals surface area contributed by atoms with Gasteiger partial charge in [-0.3, -0.25) is 4.79 Å². The molecule has 3 nitrogen and oxygen atoms in total. The van der Waals surface area contributed by atoms with E-state index < -0.39 is 5.82 Å². The second kappa shape index (κ2) is 6.63. The summed E-state index contributed by atoms with van der Waals surface area (Å²) in [6, 6.07) is 11.4. The standard InChI is InChI=1S/C14H12ClFN2OS/c15-9-5-6-12(10(16)7-9)18-14(19)8-20-13-4-2-1-3-11(13)17/h1-7H,8,17H2,(H,18,19). The molecule has 2 aromatic carbocycles. The summed E-state index contributed by atoms with van der Waals surface area (Å²) in [6.07, 6.45) is 0. The van der Waals surface area contributed by atoms with Crippen molar-refractivity contribution < 1.29 is 9.18 Å². The van der Waals surface area contributed by atoms with Gasteiger partial charge in [-0.25, -0.2) is 4.39 Å². The molecule has 0 unspecified atom stereocenters. The third-order valence-electron chi connectivity index (χ3n) is 2.48. The zero-order valence-electron chi connectivity index (χ0n) is 10.4. The highest BCUT2D eigenvalue weighted by Gasteiger charge is 2.09. The molecule has 0 spiro atoms. The lowest BCUT2D eigenvalue weighted by Crippen LogP contribution is -2.15. The summed E-state index contributed by atoms with van der Waals surface area (Å²) in [6.45, 7) is 0. The Bertz CT molecular complexity index is 636. The van der Waals surface area contributed by atoms with Gasteiger partial charge in [0.25, 0.3) is 0 Å². The molecule has 1 amide bonds. The van der Waals surface area contributed by atoms with Gasteiger partial charge in [0.1, 0.15) is 5.82 Å². The van der Waals surface area contributed by atoms with Crippen LogP contribution in [0, 0.1) is 5.82 Å². The molecule has 0 aliphatic heterocycles. The van der Waals surface area contributed by atoms with Gasteiger partial charge in [-0.15, -0.1) is 11.8 Å². The quantitative estimate of drug-likeness (QED) is 0.667. The number of carbonyl (C=O) groups is 1. The summed E-state index contributed by atoms with van der Waals surface area (Å²) < 4.78 is 13.5. The van der Waals surface area contributed by atoms with Crippen LogP contribution in [-0.2, 0) is 4.79 Å². The number of rotatable bonds is 4. The first kappa shape index (κ1) is 14.7. The van der Waals surface area contributed by atoms with E-state index in [1.165, 1.54) is 23.9 Å². The molecule has 20 heavy (non-hydrogen) atoms. The summed E-state index contributed by atoms with van der Waals surface area (Å²) in [4.78, 5) is 12.6. The van der Waals surface area contributed by atoms with Crippen molar-refractivity contribution in [3.05, 3.63) is 53.3 Å². The first-order valence-corrected chi connectivity index (χ1v) is 7.15. The largest absolute Gasteiger partial charge is 0.398 e. The number of thioether (sulfide) groups is 1. The first-order valence-electron chi connectivity index (χ1n) is 5.78. The highest BCUT2D eigenvalue weighted by atomic mass is 35.5. The lowest BCUT2D eigenvalue weighted by atomic mass is 10.3. The van der Waals surface area contributed by atoms with Gasteiger partial charge in [0, 0.05) is 15.6 Å². The molecule has 0 atom stereocenters. The Balaban J connectivity index is 1.94. The van der Waals surface area contributed by atoms with Crippen molar-refractivity contribution in [2.75, 3.05) is 16.8 Å². The lowest BCUT2D eigenvalue weighted by molar-refractivity contribution is -0.113. The highest BCUT2D eigenvalue weighted by molar-refractivity contribution is 8.00. The highest BCUT2D eigenvalue weighted by Crippen LogP contribution is 2.25. The van der Waals surface area contributed by atoms with E-state index in [0.717, 1.165) is 11.0 Å². The summed E-state index contributed by atoms with van der Waals surface area (Å²) >= 11 is 6.94. The van der Waals surface area contributed by atoms with E-state index in [-0.39, 0.29) is 22.4 Å². The molecular weight excluding hydrogens is 299 g/mol. The van der Waals surface area contributed by atoms with Crippen molar-refractivity contribution in [2.45, 2.75) is 4.90 Å². The Labute approximate surface area is 125 Å². The molecule has 6 heteroatoms. The van der Waals surface area contributed by atoms with Gasteiger partial charge in [0.15, 0.2) is 0 Å². The van der Waals surface area contributed by atoms with Crippen molar-refractivity contribution >= 4 is 40.6 Å². The van der Waals surface area contributed by atoms with Crippen LogP contribution in [0.1, 0.15) is 0 Å². The van der Waals surface area contributed by atoms with Crippen molar-refractivity contribution in [3.8, 4) is 0 Å². The van der Waals surface area contributed by atoms with Crippen LogP contribution in [0.25, 0.3) is 0 Å². The number of halogens is 2. The Hall–Kier alpha value is -1.72. The molecule has 0 bridgehead atoms. The maximum Gasteiger partial charge on any atom is 0.234 e. The Morgan fingerprint density at radius 1 is 1.30 bits per heavy atom.